The Bertz CT molecular complexity index is 318. The van der Waals surface area contributed by atoms with Crippen LogP contribution in [0.15, 0.2) is 18.3 Å². The fourth-order valence-electron chi connectivity index (χ4n) is 1.89. The summed E-state index contributed by atoms with van der Waals surface area (Å²) in [4.78, 5) is 3.62. The van der Waals surface area contributed by atoms with Crippen LogP contribution in [-0.2, 0) is 0 Å². The number of hydrogen-bond donors (Lipinski definition) is 1. The molecule has 0 radical (unpaired) electrons. The maximum atomic E-state index is 12.5. The summed E-state index contributed by atoms with van der Waals surface area (Å²) in [7, 11) is 0. The second-order valence-corrected chi connectivity index (χ2v) is 4.24. The van der Waals surface area contributed by atoms with E-state index in [0.717, 1.165) is 5.56 Å². The highest BCUT2D eigenvalue weighted by atomic mass is 19.1. The summed E-state index contributed by atoms with van der Waals surface area (Å²) in [6, 6.07) is 3.33. The van der Waals surface area contributed by atoms with Gasteiger partial charge in [-0.25, -0.2) is 4.98 Å². The van der Waals surface area contributed by atoms with Crippen LogP contribution in [0.4, 0.5) is 4.39 Å². The molecule has 0 aromatic carbocycles. The van der Waals surface area contributed by atoms with E-state index >= 15 is 0 Å². The van der Waals surface area contributed by atoms with Crippen molar-refractivity contribution in [3.05, 3.63) is 29.8 Å². The van der Waals surface area contributed by atoms with Crippen molar-refractivity contribution in [3.63, 3.8) is 0 Å². The average Bonchev–Trinajstić information content (AvgIpc) is 2.55. The van der Waals surface area contributed by atoms with E-state index in [4.69, 9.17) is 5.73 Å². The lowest BCUT2D eigenvalue weighted by molar-refractivity contribution is 0.576. The number of rotatable bonds is 1. The van der Waals surface area contributed by atoms with Gasteiger partial charge in [0.1, 0.15) is 0 Å². The minimum atomic E-state index is -0.434. The lowest BCUT2D eigenvalue weighted by Crippen LogP contribution is -2.06. The maximum absolute atomic E-state index is 12.5. The summed E-state index contributed by atoms with van der Waals surface area (Å²) < 4.78 is 12.5. The minimum Gasteiger partial charge on any atom is -0.327 e. The molecule has 1 fully saturated rings. The van der Waals surface area contributed by atoms with Crippen molar-refractivity contribution in [1.29, 1.82) is 0 Å². The van der Waals surface area contributed by atoms with Gasteiger partial charge in [-0.15, -0.1) is 0 Å². The normalized spacial score (nSPS) is 30.2. The molecule has 1 aliphatic carbocycles. The van der Waals surface area contributed by atoms with Crippen LogP contribution in [-0.4, -0.2) is 11.0 Å². The summed E-state index contributed by atoms with van der Waals surface area (Å²) in [6.45, 7) is 4.23. The van der Waals surface area contributed by atoms with Gasteiger partial charge < -0.3 is 5.73 Å². The zero-order chi connectivity index (χ0) is 9.64. The van der Waals surface area contributed by atoms with Crippen LogP contribution in [0.2, 0.25) is 0 Å². The molecule has 2 nitrogen and oxygen atoms in total. The Balaban J connectivity index is 2.25. The summed E-state index contributed by atoms with van der Waals surface area (Å²) in [6.07, 6.45) is 1.58. The molecule has 0 unspecified atom stereocenters. The van der Waals surface area contributed by atoms with E-state index in [1.807, 2.05) is 0 Å². The third-order valence-electron chi connectivity index (χ3n) is 3.02. The van der Waals surface area contributed by atoms with E-state index in [1.54, 1.807) is 12.3 Å². The second kappa shape index (κ2) is 2.51. The molecule has 1 aliphatic rings. The molecule has 2 rings (SSSR count). The van der Waals surface area contributed by atoms with E-state index in [2.05, 4.69) is 18.8 Å². The highest BCUT2D eigenvalue weighted by Crippen LogP contribution is 2.56. The van der Waals surface area contributed by atoms with Crippen LogP contribution in [0.5, 0.6) is 0 Å². The monoisotopic (exact) mass is 180 g/mol. The molecule has 1 heterocycles. The minimum absolute atomic E-state index is 0.138. The Hall–Kier alpha value is -0.960. The zero-order valence-corrected chi connectivity index (χ0v) is 7.79. The quantitative estimate of drug-likeness (QED) is 0.668. The summed E-state index contributed by atoms with van der Waals surface area (Å²) in [5, 5.41) is 0. The lowest BCUT2D eigenvalue weighted by Gasteiger charge is -2.01. The summed E-state index contributed by atoms with van der Waals surface area (Å²) >= 11 is 0. The van der Waals surface area contributed by atoms with E-state index < -0.39 is 5.95 Å². The van der Waals surface area contributed by atoms with Gasteiger partial charge in [0.2, 0.25) is 5.95 Å². The molecule has 0 amide bonds. The molecule has 3 heteroatoms. The molecule has 0 aliphatic heterocycles. The zero-order valence-electron chi connectivity index (χ0n) is 7.79. The van der Waals surface area contributed by atoms with Crippen LogP contribution in [0.1, 0.15) is 25.3 Å². The molecule has 1 saturated carbocycles. The van der Waals surface area contributed by atoms with Gasteiger partial charge in [0.05, 0.1) is 0 Å². The smallest absolute Gasteiger partial charge is 0.212 e. The molecule has 0 saturated heterocycles. The first kappa shape index (κ1) is 8.63. The standard InChI is InChI=1S/C10H13FN2/c1-10(2)8(9(10)12)6-3-4-7(11)13-5-6/h3-5,8-9H,12H2,1-2H3/t8-,9-/m0/s1. The van der Waals surface area contributed by atoms with Gasteiger partial charge in [-0.2, -0.15) is 4.39 Å². The van der Waals surface area contributed by atoms with E-state index in [1.165, 1.54) is 6.07 Å². The highest BCUT2D eigenvalue weighted by molar-refractivity contribution is 5.31. The van der Waals surface area contributed by atoms with Crippen LogP contribution in [0.3, 0.4) is 0 Å². The Kier molecular flexibility index (Phi) is 1.67. The maximum Gasteiger partial charge on any atom is 0.212 e. The van der Waals surface area contributed by atoms with E-state index in [0.29, 0.717) is 5.92 Å². The molecule has 2 atom stereocenters. The molecule has 13 heavy (non-hydrogen) atoms. The van der Waals surface area contributed by atoms with E-state index in [9.17, 15) is 4.39 Å². The molecular formula is C10H13FN2. The number of halogens is 1. The van der Waals surface area contributed by atoms with Crippen LogP contribution < -0.4 is 5.73 Å². The number of nitrogens with two attached hydrogens (primary N) is 1. The SMILES string of the molecule is CC1(C)[C@@H](N)[C@@H]1c1ccc(F)nc1. The highest BCUT2D eigenvalue weighted by Gasteiger charge is 2.56. The van der Waals surface area contributed by atoms with Crippen LogP contribution >= 0.6 is 0 Å². The third-order valence-corrected chi connectivity index (χ3v) is 3.02. The largest absolute Gasteiger partial charge is 0.327 e. The molecule has 0 bridgehead atoms. The van der Waals surface area contributed by atoms with Gasteiger partial charge in [-0.05, 0) is 17.0 Å². The van der Waals surface area contributed by atoms with Gasteiger partial charge in [-0.1, -0.05) is 19.9 Å². The fourth-order valence-corrected chi connectivity index (χ4v) is 1.89. The summed E-state index contributed by atoms with van der Waals surface area (Å²) in [5.41, 5.74) is 7.07. The molecule has 1 aromatic rings. The van der Waals surface area contributed by atoms with Crippen LogP contribution in [0.25, 0.3) is 0 Å². The van der Waals surface area contributed by atoms with Crippen molar-refractivity contribution in [2.24, 2.45) is 11.1 Å². The predicted molar refractivity (Wildman–Crippen MR) is 48.7 cm³/mol. The Morgan fingerprint density at radius 3 is 2.46 bits per heavy atom. The Labute approximate surface area is 77.0 Å². The second-order valence-electron chi connectivity index (χ2n) is 4.24. The number of pyridine rings is 1. The Morgan fingerprint density at radius 1 is 1.46 bits per heavy atom. The van der Waals surface area contributed by atoms with Crippen molar-refractivity contribution in [1.82, 2.24) is 4.98 Å². The van der Waals surface area contributed by atoms with Crippen molar-refractivity contribution >= 4 is 0 Å². The fraction of sp³-hybridized carbons (Fsp3) is 0.500. The first-order valence-corrected chi connectivity index (χ1v) is 4.40. The molecule has 1 aromatic heterocycles. The van der Waals surface area contributed by atoms with Crippen molar-refractivity contribution in [2.75, 3.05) is 0 Å². The van der Waals surface area contributed by atoms with Crippen molar-refractivity contribution in [3.8, 4) is 0 Å². The van der Waals surface area contributed by atoms with Gasteiger partial charge in [0, 0.05) is 18.2 Å². The molecule has 2 N–H and O–H groups in total. The van der Waals surface area contributed by atoms with Crippen molar-refractivity contribution < 1.29 is 4.39 Å². The van der Waals surface area contributed by atoms with Gasteiger partial charge >= 0.3 is 0 Å². The van der Waals surface area contributed by atoms with Crippen LogP contribution in [0, 0.1) is 11.4 Å². The van der Waals surface area contributed by atoms with Gasteiger partial charge in [-0.3, -0.25) is 0 Å². The topological polar surface area (TPSA) is 38.9 Å². The molecule has 0 spiro atoms. The van der Waals surface area contributed by atoms with E-state index in [-0.39, 0.29) is 11.5 Å². The summed E-state index contributed by atoms with van der Waals surface area (Å²) in [5.74, 6) is -0.101. The average molecular weight is 180 g/mol. The van der Waals surface area contributed by atoms with Gasteiger partial charge in [0.25, 0.3) is 0 Å². The van der Waals surface area contributed by atoms with Gasteiger partial charge in [0.15, 0.2) is 0 Å². The number of hydrogen-bond acceptors (Lipinski definition) is 2. The predicted octanol–water partition coefficient (Wildman–Crippen LogP) is 1.67. The molecule has 70 valence electrons. The Morgan fingerprint density at radius 2 is 2.08 bits per heavy atom. The first-order valence-electron chi connectivity index (χ1n) is 4.40. The van der Waals surface area contributed by atoms with Crippen molar-refractivity contribution in [2.45, 2.75) is 25.8 Å². The number of nitrogens with zero attached hydrogens (tertiary/aromatic N) is 1. The number of aromatic nitrogens is 1. The first-order chi connectivity index (χ1) is 6.03. The molecular weight excluding hydrogens is 167 g/mol. The lowest BCUT2D eigenvalue weighted by atomic mass is 10.1. The third kappa shape index (κ3) is 1.23.